The number of hydrogen-bond donors (Lipinski definition) is 3. The number of carboxylic acid groups (broad SMARTS) is 2. The molecule has 17 heavy (non-hydrogen) atoms. The predicted octanol–water partition coefficient (Wildman–Crippen LogP) is -0.888. The van der Waals surface area contributed by atoms with Gasteiger partial charge in [-0.25, -0.2) is 0 Å². The molecular weight excluding hydrogens is 228 g/mol. The first-order valence-electron chi connectivity index (χ1n) is 5.38. The zero-order chi connectivity index (χ0) is 13.0. The Morgan fingerprint density at radius 1 is 1.24 bits per heavy atom. The Bertz CT molecular complexity index is 325. The van der Waals surface area contributed by atoms with Crippen LogP contribution in [0.5, 0.6) is 0 Å². The average molecular weight is 244 g/mol. The maximum Gasteiger partial charge on any atom is 0.303 e. The lowest BCUT2D eigenvalue weighted by Crippen LogP contribution is -2.55. The molecule has 1 saturated heterocycles. The van der Waals surface area contributed by atoms with E-state index in [2.05, 4.69) is 0 Å². The molecular formula is C10H16N2O5. The summed E-state index contributed by atoms with van der Waals surface area (Å²) in [6.45, 7) is 0.789. The van der Waals surface area contributed by atoms with Crippen molar-refractivity contribution in [2.45, 2.75) is 25.3 Å². The van der Waals surface area contributed by atoms with Gasteiger partial charge in [-0.3, -0.25) is 14.4 Å². The molecule has 4 N–H and O–H groups in total. The van der Waals surface area contributed by atoms with Crippen LogP contribution < -0.4 is 5.73 Å². The number of carboxylic acids is 2. The molecule has 0 aromatic heterocycles. The SMILES string of the molecule is NC(CCC(=O)O)C(=O)N1CC(CC(=O)O)C1. The van der Waals surface area contributed by atoms with Crippen LogP contribution in [0.25, 0.3) is 0 Å². The molecule has 1 fully saturated rings. The number of rotatable bonds is 6. The molecule has 96 valence electrons. The Balaban J connectivity index is 2.26. The van der Waals surface area contributed by atoms with E-state index in [1.54, 1.807) is 0 Å². The molecule has 1 atom stereocenters. The van der Waals surface area contributed by atoms with Crippen molar-refractivity contribution >= 4 is 17.8 Å². The van der Waals surface area contributed by atoms with Crippen molar-refractivity contribution in [3.8, 4) is 0 Å². The molecule has 0 saturated carbocycles. The largest absolute Gasteiger partial charge is 0.481 e. The van der Waals surface area contributed by atoms with Crippen LogP contribution >= 0.6 is 0 Å². The zero-order valence-electron chi connectivity index (χ0n) is 9.33. The highest BCUT2D eigenvalue weighted by molar-refractivity contribution is 5.83. The molecule has 1 heterocycles. The van der Waals surface area contributed by atoms with Gasteiger partial charge in [0.25, 0.3) is 0 Å². The first kappa shape index (κ1) is 13.4. The van der Waals surface area contributed by atoms with Gasteiger partial charge in [-0.15, -0.1) is 0 Å². The van der Waals surface area contributed by atoms with Crippen LogP contribution in [0.4, 0.5) is 0 Å². The van der Waals surface area contributed by atoms with Crippen LogP contribution in [0.2, 0.25) is 0 Å². The third kappa shape index (κ3) is 4.03. The summed E-state index contributed by atoms with van der Waals surface area (Å²) < 4.78 is 0. The van der Waals surface area contributed by atoms with E-state index in [9.17, 15) is 14.4 Å². The second-order valence-corrected chi connectivity index (χ2v) is 4.25. The van der Waals surface area contributed by atoms with Crippen molar-refractivity contribution in [1.82, 2.24) is 4.90 Å². The third-order valence-electron chi connectivity index (χ3n) is 2.72. The van der Waals surface area contributed by atoms with Crippen LogP contribution in [-0.4, -0.2) is 52.1 Å². The Morgan fingerprint density at radius 3 is 2.29 bits per heavy atom. The van der Waals surface area contributed by atoms with Crippen molar-refractivity contribution in [2.24, 2.45) is 11.7 Å². The van der Waals surface area contributed by atoms with Crippen LogP contribution in [0, 0.1) is 5.92 Å². The van der Waals surface area contributed by atoms with Crippen molar-refractivity contribution in [2.75, 3.05) is 13.1 Å². The number of nitrogens with two attached hydrogens (primary N) is 1. The Hall–Kier alpha value is -1.63. The lowest BCUT2D eigenvalue weighted by Gasteiger charge is -2.39. The topological polar surface area (TPSA) is 121 Å². The van der Waals surface area contributed by atoms with Gasteiger partial charge < -0.3 is 20.8 Å². The highest BCUT2D eigenvalue weighted by Crippen LogP contribution is 2.20. The van der Waals surface area contributed by atoms with Gasteiger partial charge in [-0.05, 0) is 6.42 Å². The van der Waals surface area contributed by atoms with E-state index in [4.69, 9.17) is 15.9 Å². The summed E-state index contributed by atoms with van der Waals surface area (Å²) in [5, 5.41) is 17.0. The molecule has 1 unspecified atom stereocenters. The van der Waals surface area contributed by atoms with E-state index in [0.29, 0.717) is 13.1 Å². The average Bonchev–Trinajstić information content (AvgIpc) is 2.17. The fourth-order valence-corrected chi connectivity index (χ4v) is 1.76. The fourth-order valence-electron chi connectivity index (χ4n) is 1.76. The minimum atomic E-state index is -0.986. The normalized spacial score (nSPS) is 17.4. The Morgan fingerprint density at radius 2 is 1.82 bits per heavy atom. The molecule has 1 aliphatic heterocycles. The second-order valence-electron chi connectivity index (χ2n) is 4.25. The van der Waals surface area contributed by atoms with Crippen LogP contribution in [0.1, 0.15) is 19.3 Å². The zero-order valence-corrected chi connectivity index (χ0v) is 9.33. The number of amides is 1. The molecule has 7 heteroatoms. The molecule has 1 rings (SSSR count). The van der Waals surface area contributed by atoms with Crippen molar-refractivity contribution < 1.29 is 24.6 Å². The van der Waals surface area contributed by atoms with Gasteiger partial charge in [-0.1, -0.05) is 0 Å². The van der Waals surface area contributed by atoms with Crippen LogP contribution in [-0.2, 0) is 14.4 Å². The number of likely N-dealkylation sites (tertiary alicyclic amines) is 1. The second kappa shape index (κ2) is 5.62. The first-order valence-corrected chi connectivity index (χ1v) is 5.38. The lowest BCUT2D eigenvalue weighted by molar-refractivity contribution is -0.146. The monoisotopic (exact) mass is 244 g/mol. The highest BCUT2D eigenvalue weighted by atomic mass is 16.4. The summed E-state index contributed by atoms with van der Waals surface area (Å²) in [5.74, 6) is -2.17. The predicted molar refractivity (Wildman–Crippen MR) is 57.2 cm³/mol. The molecule has 0 spiro atoms. The van der Waals surface area contributed by atoms with Gasteiger partial charge >= 0.3 is 11.9 Å². The molecule has 0 bridgehead atoms. The van der Waals surface area contributed by atoms with E-state index in [1.807, 2.05) is 0 Å². The maximum absolute atomic E-state index is 11.6. The van der Waals surface area contributed by atoms with E-state index >= 15 is 0 Å². The summed E-state index contributed by atoms with van der Waals surface area (Å²) in [6, 6.07) is -0.808. The minimum Gasteiger partial charge on any atom is -0.481 e. The molecule has 0 radical (unpaired) electrons. The molecule has 0 aliphatic carbocycles. The summed E-state index contributed by atoms with van der Waals surface area (Å²) in [6.07, 6.45) is 0.0156. The molecule has 0 aromatic carbocycles. The Kier molecular flexibility index (Phi) is 4.45. The van der Waals surface area contributed by atoms with Gasteiger partial charge in [0.05, 0.1) is 12.5 Å². The lowest BCUT2D eigenvalue weighted by atomic mass is 9.95. The molecule has 1 aliphatic rings. The van der Waals surface area contributed by atoms with E-state index in [0.717, 1.165) is 0 Å². The number of carbonyl (C=O) groups excluding carboxylic acids is 1. The number of carbonyl (C=O) groups is 3. The third-order valence-corrected chi connectivity index (χ3v) is 2.72. The minimum absolute atomic E-state index is 0.0110. The standard InChI is InChI=1S/C10H16N2O5/c11-7(1-2-8(13)14)10(17)12-4-6(5-12)3-9(15)16/h6-7H,1-5,11H2,(H,13,14)(H,15,16). The Labute approximate surface area is 98.2 Å². The summed E-state index contributed by atoms with van der Waals surface area (Å²) in [5.41, 5.74) is 5.55. The van der Waals surface area contributed by atoms with E-state index in [-0.39, 0.29) is 31.1 Å². The summed E-state index contributed by atoms with van der Waals surface area (Å²) in [4.78, 5) is 33.8. The van der Waals surface area contributed by atoms with E-state index < -0.39 is 18.0 Å². The van der Waals surface area contributed by atoms with Crippen LogP contribution in [0.3, 0.4) is 0 Å². The molecule has 1 amide bonds. The van der Waals surface area contributed by atoms with E-state index in [1.165, 1.54) is 4.90 Å². The molecule has 0 aromatic rings. The summed E-state index contributed by atoms with van der Waals surface area (Å²) in [7, 11) is 0. The number of hydrogen-bond acceptors (Lipinski definition) is 4. The maximum atomic E-state index is 11.6. The summed E-state index contributed by atoms with van der Waals surface area (Å²) >= 11 is 0. The first-order chi connectivity index (χ1) is 7.90. The van der Waals surface area contributed by atoms with Crippen molar-refractivity contribution in [3.05, 3.63) is 0 Å². The van der Waals surface area contributed by atoms with Gasteiger partial charge in [0.15, 0.2) is 0 Å². The van der Waals surface area contributed by atoms with Gasteiger partial charge in [-0.2, -0.15) is 0 Å². The van der Waals surface area contributed by atoms with Gasteiger partial charge in [0.2, 0.25) is 5.91 Å². The number of nitrogens with zero attached hydrogens (tertiary/aromatic N) is 1. The smallest absolute Gasteiger partial charge is 0.303 e. The number of aliphatic carboxylic acids is 2. The highest BCUT2D eigenvalue weighted by Gasteiger charge is 2.34. The van der Waals surface area contributed by atoms with Gasteiger partial charge in [0.1, 0.15) is 0 Å². The van der Waals surface area contributed by atoms with Crippen molar-refractivity contribution in [1.29, 1.82) is 0 Å². The molecule has 7 nitrogen and oxygen atoms in total. The van der Waals surface area contributed by atoms with Crippen LogP contribution in [0.15, 0.2) is 0 Å². The fraction of sp³-hybridized carbons (Fsp3) is 0.700. The van der Waals surface area contributed by atoms with Crippen molar-refractivity contribution in [3.63, 3.8) is 0 Å². The quantitative estimate of drug-likeness (QED) is 0.557. The van der Waals surface area contributed by atoms with Gasteiger partial charge in [0, 0.05) is 25.4 Å².